The largest absolute Gasteiger partial charge is 0.342 e. The highest BCUT2D eigenvalue weighted by Crippen LogP contribution is 2.29. The summed E-state index contributed by atoms with van der Waals surface area (Å²) in [6.45, 7) is 2.57. The molecular formula is C16H15Cl2N5O2. The maximum absolute atomic E-state index is 12.3. The number of nitrogens with one attached hydrogen (secondary N) is 1. The van der Waals surface area contributed by atoms with Gasteiger partial charge in [-0.3, -0.25) is 9.59 Å². The van der Waals surface area contributed by atoms with Gasteiger partial charge in [0.25, 0.3) is 5.91 Å². The van der Waals surface area contributed by atoms with Crippen LogP contribution in [0.2, 0.25) is 10.0 Å². The molecule has 2 amide bonds. The van der Waals surface area contributed by atoms with Crippen LogP contribution in [-0.2, 0) is 4.79 Å². The van der Waals surface area contributed by atoms with Gasteiger partial charge in [-0.05, 0) is 12.1 Å². The first kappa shape index (κ1) is 17.4. The van der Waals surface area contributed by atoms with Gasteiger partial charge in [0.05, 0.1) is 21.3 Å². The Labute approximate surface area is 154 Å². The number of hydrogen-bond acceptors (Lipinski definition) is 5. The van der Waals surface area contributed by atoms with Gasteiger partial charge < -0.3 is 15.1 Å². The van der Waals surface area contributed by atoms with Gasteiger partial charge in [0.1, 0.15) is 0 Å². The molecule has 25 heavy (non-hydrogen) atoms. The SMILES string of the molecule is O=CN1CCN(c2ncc(C(=O)Nc3cccc(Cl)c3Cl)cn2)CC1. The average Bonchev–Trinajstić information content (AvgIpc) is 2.65. The predicted molar refractivity (Wildman–Crippen MR) is 96.3 cm³/mol. The molecule has 130 valence electrons. The molecule has 3 rings (SSSR count). The molecule has 1 fully saturated rings. The van der Waals surface area contributed by atoms with Crippen molar-refractivity contribution in [2.45, 2.75) is 0 Å². The summed E-state index contributed by atoms with van der Waals surface area (Å²) in [6, 6.07) is 5.00. The zero-order chi connectivity index (χ0) is 17.8. The van der Waals surface area contributed by atoms with Crippen LogP contribution < -0.4 is 10.2 Å². The van der Waals surface area contributed by atoms with Crippen molar-refractivity contribution in [3.05, 3.63) is 46.2 Å². The average molecular weight is 380 g/mol. The summed E-state index contributed by atoms with van der Waals surface area (Å²) in [5.74, 6) is 0.157. The van der Waals surface area contributed by atoms with E-state index in [1.54, 1.807) is 23.1 Å². The highest BCUT2D eigenvalue weighted by molar-refractivity contribution is 6.44. The van der Waals surface area contributed by atoms with Gasteiger partial charge in [-0.25, -0.2) is 9.97 Å². The lowest BCUT2D eigenvalue weighted by Gasteiger charge is -2.32. The molecule has 1 aliphatic rings. The number of nitrogens with zero attached hydrogens (tertiary/aromatic N) is 4. The first-order chi connectivity index (χ1) is 12.1. The minimum atomic E-state index is -0.374. The molecule has 2 aromatic rings. The van der Waals surface area contributed by atoms with Crippen molar-refractivity contribution in [1.82, 2.24) is 14.9 Å². The van der Waals surface area contributed by atoms with Crippen molar-refractivity contribution in [2.75, 3.05) is 36.4 Å². The fourth-order valence-corrected chi connectivity index (χ4v) is 2.77. The molecule has 0 unspecified atom stereocenters. The van der Waals surface area contributed by atoms with Crippen molar-refractivity contribution in [3.8, 4) is 0 Å². The van der Waals surface area contributed by atoms with Crippen LogP contribution >= 0.6 is 23.2 Å². The van der Waals surface area contributed by atoms with Crippen LogP contribution in [0.3, 0.4) is 0 Å². The zero-order valence-corrected chi connectivity index (χ0v) is 14.7. The Hall–Kier alpha value is -2.38. The van der Waals surface area contributed by atoms with E-state index in [1.807, 2.05) is 4.90 Å². The quantitative estimate of drug-likeness (QED) is 0.824. The normalized spacial score (nSPS) is 14.3. The molecule has 2 heterocycles. The number of carbonyl (C=O) groups excluding carboxylic acids is 2. The summed E-state index contributed by atoms with van der Waals surface area (Å²) in [5.41, 5.74) is 0.736. The van der Waals surface area contributed by atoms with Crippen molar-refractivity contribution >= 4 is 47.2 Å². The molecule has 1 aromatic heterocycles. The first-order valence-corrected chi connectivity index (χ1v) is 8.36. The molecule has 0 aliphatic carbocycles. The summed E-state index contributed by atoms with van der Waals surface area (Å²) in [6.07, 6.45) is 3.76. The maximum atomic E-state index is 12.3. The molecular weight excluding hydrogens is 365 g/mol. The minimum absolute atomic E-state index is 0.281. The van der Waals surface area contributed by atoms with E-state index in [1.165, 1.54) is 12.4 Å². The van der Waals surface area contributed by atoms with Crippen LogP contribution in [0.25, 0.3) is 0 Å². The van der Waals surface area contributed by atoms with Crippen molar-refractivity contribution in [2.24, 2.45) is 0 Å². The number of carbonyl (C=O) groups is 2. The number of rotatable bonds is 4. The maximum Gasteiger partial charge on any atom is 0.258 e. The molecule has 0 saturated carbocycles. The molecule has 1 aliphatic heterocycles. The van der Waals surface area contributed by atoms with Crippen molar-refractivity contribution < 1.29 is 9.59 Å². The lowest BCUT2D eigenvalue weighted by molar-refractivity contribution is -0.118. The van der Waals surface area contributed by atoms with Crippen LogP contribution in [-0.4, -0.2) is 53.4 Å². The number of piperazine rings is 1. The van der Waals surface area contributed by atoms with Gasteiger partial charge in [-0.15, -0.1) is 0 Å². The van der Waals surface area contributed by atoms with E-state index in [0.717, 1.165) is 6.41 Å². The van der Waals surface area contributed by atoms with E-state index >= 15 is 0 Å². The van der Waals surface area contributed by atoms with E-state index < -0.39 is 0 Å². The molecule has 1 aromatic carbocycles. The van der Waals surface area contributed by atoms with E-state index in [4.69, 9.17) is 23.2 Å². The van der Waals surface area contributed by atoms with Gasteiger partial charge in [0, 0.05) is 38.6 Å². The van der Waals surface area contributed by atoms with Gasteiger partial charge in [0.2, 0.25) is 12.4 Å². The summed E-state index contributed by atoms with van der Waals surface area (Å²) in [7, 11) is 0. The van der Waals surface area contributed by atoms with E-state index in [-0.39, 0.29) is 10.9 Å². The Bertz CT molecular complexity index is 777. The third-order valence-corrected chi connectivity index (χ3v) is 4.67. The van der Waals surface area contributed by atoms with Gasteiger partial charge in [-0.1, -0.05) is 29.3 Å². The lowest BCUT2D eigenvalue weighted by atomic mass is 10.2. The Morgan fingerprint density at radius 2 is 1.80 bits per heavy atom. The Balaban J connectivity index is 1.67. The Morgan fingerprint density at radius 1 is 1.12 bits per heavy atom. The Morgan fingerprint density at radius 3 is 2.44 bits per heavy atom. The highest BCUT2D eigenvalue weighted by atomic mass is 35.5. The standard InChI is InChI=1S/C16H15Cl2N5O2/c17-12-2-1-3-13(14(12)18)21-15(25)11-8-19-16(20-9-11)23-6-4-22(10-24)5-7-23/h1-3,8-10H,4-7H2,(H,21,25). The number of anilines is 2. The van der Waals surface area contributed by atoms with Gasteiger partial charge >= 0.3 is 0 Å². The van der Waals surface area contributed by atoms with Crippen LogP contribution in [0, 0.1) is 0 Å². The van der Waals surface area contributed by atoms with Crippen LogP contribution in [0.4, 0.5) is 11.6 Å². The van der Waals surface area contributed by atoms with Crippen molar-refractivity contribution in [3.63, 3.8) is 0 Å². The highest BCUT2D eigenvalue weighted by Gasteiger charge is 2.18. The van der Waals surface area contributed by atoms with Crippen molar-refractivity contribution in [1.29, 1.82) is 0 Å². The van der Waals surface area contributed by atoms with Gasteiger partial charge in [-0.2, -0.15) is 0 Å². The topological polar surface area (TPSA) is 78.4 Å². The second kappa shape index (κ2) is 7.67. The number of hydrogen-bond donors (Lipinski definition) is 1. The zero-order valence-electron chi connectivity index (χ0n) is 13.2. The second-order valence-corrected chi connectivity index (χ2v) is 6.24. The van der Waals surface area contributed by atoms with E-state index in [9.17, 15) is 9.59 Å². The molecule has 1 N–H and O–H groups in total. The third-order valence-electron chi connectivity index (χ3n) is 3.85. The lowest BCUT2D eigenvalue weighted by Crippen LogP contribution is -2.46. The molecule has 1 saturated heterocycles. The minimum Gasteiger partial charge on any atom is -0.342 e. The fraction of sp³-hybridized carbons (Fsp3) is 0.250. The number of halogens is 2. The fourth-order valence-electron chi connectivity index (χ4n) is 2.42. The summed E-state index contributed by atoms with van der Waals surface area (Å²) < 4.78 is 0. The second-order valence-electron chi connectivity index (χ2n) is 5.46. The Kier molecular flexibility index (Phi) is 5.35. The molecule has 7 nitrogen and oxygen atoms in total. The third kappa shape index (κ3) is 4.00. The summed E-state index contributed by atoms with van der Waals surface area (Å²) >= 11 is 12.0. The molecule has 9 heteroatoms. The van der Waals surface area contributed by atoms with Crippen LogP contribution in [0.5, 0.6) is 0 Å². The number of aromatic nitrogens is 2. The molecule has 0 atom stereocenters. The smallest absolute Gasteiger partial charge is 0.258 e. The summed E-state index contributed by atoms with van der Waals surface area (Å²) in [4.78, 5) is 35.2. The number of benzene rings is 1. The van der Waals surface area contributed by atoms with Gasteiger partial charge in [0.15, 0.2) is 0 Å². The van der Waals surface area contributed by atoms with E-state index in [2.05, 4.69) is 15.3 Å². The summed E-state index contributed by atoms with van der Waals surface area (Å²) in [5, 5.41) is 3.33. The predicted octanol–water partition coefficient (Wildman–Crippen LogP) is 2.31. The van der Waals surface area contributed by atoms with E-state index in [0.29, 0.717) is 48.4 Å². The molecule has 0 spiro atoms. The number of amides is 2. The first-order valence-electron chi connectivity index (χ1n) is 7.60. The van der Waals surface area contributed by atoms with Crippen LogP contribution in [0.1, 0.15) is 10.4 Å². The monoisotopic (exact) mass is 379 g/mol. The molecule has 0 bridgehead atoms. The molecule has 0 radical (unpaired) electrons. The van der Waals surface area contributed by atoms with Crippen LogP contribution in [0.15, 0.2) is 30.6 Å².